The summed E-state index contributed by atoms with van der Waals surface area (Å²) in [7, 11) is 0. The molecule has 0 spiro atoms. The molecule has 7 nitrogen and oxygen atoms in total. The maximum Gasteiger partial charge on any atom is 0.287 e. The average Bonchev–Trinajstić information content (AvgIpc) is 3.35. The van der Waals surface area contributed by atoms with Crippen LogP contribution >= 0.6 is 0 Å². The first-order valence-electron chi connectivity index (χ1n) is 10.9. The average molecular weight is 441 g/mol. The van der Waals surface area contributed by atoms with Crippen molar-refractivity contribution < 1.29 is 14.3 Å². The van der Waals surface area contributed by atoms with E-state index in [1.807, 2.05) is 85.8 Å². The summed E-state index contributed by atoms with van der Waals surface area (Å²) in [4.78, 5) is 12.9. The van der Waals surface area contributed by atoms with Crippen molar-refractivity contribution in [3.05, 3.63) is 95.6 Å². The molecule has 0 bridgehead atoms. The lowest BCUT2D eigenvalue weighted by molar-refractivity contribution is -0.114. The fourth-order valence-electron chi connectivity index (χ4n) is 4.10. The second kappa shape index (κ2) is 8.78. The van der Waals surface area contributed by atoms with Gasteiger partial charge in [-0.1, -0.05) is 60.7 Å². The Bertz CT molecular complexity index is 1180. The summed E-state index contributed by atoms with van der Waals surface area (Å²) < 4.78 is 11.2. The van der Waals surface area contributed by atoms with Crippen molar-refractivity contribution in [2.75, 3.05) is 13.2 Å². The van der Waals surface area contributed by atoms with Gasteiger partial charge in [0.25, 0.3) is 5.91 Å². The molecule has 0 saturated carbocycles. The fourth-order valence-corrected chi connectivity index (χ4v) is 4.10. The van der Waals surface area contributed by atoms with Gasteiger partial charge in [0.2, 0.25) is 0 Å². The number of rotatable bonds is 5. The number of nitrogens with one attached hydrogen (secondary N) is 2. The SMILES string of the molecule is C/C(=N/NC(=O)C1=NNC(c2ccccc2)(c2ccccc2)C1)c1ccc2c(c1)OCCO2. The van der Waals surface area contributed by atoms with Gasteiger partial charge in [0, 0.05) is 12.0 Å². The van der Waals surface area contributed by atoms with Gasteiger partial charge in [-0.25, -0.2) is 5.43 Å². The van der Waals surface area contributed by atoms with E-state index >= 15 is 0 Å². The van der Waals surface area contributed by atoms with E-state index in [2.05, 4.69) is 21.1 Å². The van der Waals surface area contributed by atoms with Gasteiger partial charge in [0.05, 0.1) is 5.71 Å². The number of carbonyl (C=O) groups is 1. The van der Waals surface area contributed by atoms with E-state index in [1.165, 1.54) is 0 Å². The smallest absolute Gasteiger partial charge is 0.287 e. The van der Waals surface area contributed by atoms with Crippen LogP contribution in [-0.4, -0.2) is 30.5 Å². The molecular weight excluding hydrogens is 416 g/mol. The monoisotopic (exact) mass is 440 g/mol. The molecule has 0 aromatic heterocycles. The van der Waals surface area contributed by atoms with Crippen LogP contribution in [0.4, 0.5) is 0 Å². The van der Waals surface area contributed by atoms with Crippen LogP contribution in [0.5, 0.6) is 11.5 Å². The molecule has 2 heterocycles. The predicted octanol–water partition coefficient (Wildman–Crippen LogP) is 3.59. The summed E-state index contributed by atoms with van der Waals surface area (Å²) in [5.74, 6) is 1.05. The minimum atomic E-state index is -0.607. The molecule has 7 heteroatoms. The molecule has 2 aliphatic rings. The first-order chi connectivity index (χ1) is 16.2. The lowest BCUT2D eigenvalue weighted by Gasteiger charge is -2.30. The summed E-state index contributed by atoms with van der Waals surface area (Å²) in [5.41, 5.74) is 9.25. The fraction of sp³-hybridized carbons (Fsp3) is 0.192. The van der Waals surface area contributed by atoms with Gasteiger partial charge in [-0.3, -0.25) is 10.2 Å². The number of ether oxygens (including phenoxy) is 2. The van der Waals surface area contributed by atoms with Crippen LogP contribution in [0.2, 0.25) is 0 Å². The van der Waals surface area contributed by atoms with E-state index in [4.69, 9.17) is 9.47 Å². The highest BCUT2D eigenvalue weighted by molar-refractivity contribution is 6.39. The Balaban J connectivity index is 1.33. The maximum atomic E-state index is 12.9. The molecule has 0 saturated heterocycles. The third-order valence-electron chi connectivity index (χ3n) is 5.89. The quantitative estimate of drug-likeness (QED) is 0.469. The Morgan fingerprint density at radius 2 is 1.58 bits per heavy atom. The molecule has 166 valence electrons. The molecule has 0 fully saturated rings. The first kappa shape index (κ1) is 20.8. The third kappa shape index (κ3) is 4.05. The summed E-state index contributed by atoms with van der Waals surface area (Å²) in [6, 6.07) is 25.7. The third-order valence-corrected chi connectivity index (χ3v) is 5.89. The van der Waals surface area contributed by atoms with E-state index in [0.29, 0.717) is 42.6 Å². The Labute approximate surface area is 192 Å². The van der Waals surface area contributed by atoms with E-state index in [1.54, 1.807) is 0 Å². The zero-order valence-electron chi connectivity index (χ0n) is 18.2. The van der Waals surface area contributed by atoms with Gasteiger partial charge in [0.15, 0.2) is 11.5 Å². The van der Waals surface area contributed by atoms with Crippen molar-refractivity contribution in [1.29, 1.82) is 0 Å². The lowest BCUT2D eigenvalue weighted by Crippen LogP contribution is -2.38. The number of hydrogen-bond acceptors (Lipinski definition) is 6. The van der Waals surface area contributed by atoms with Crippen LogP contribution in [0.1, 0.15) is 30.0 Å². The Morgan fingerprint density at radius 3 is 2.24 bits per heavy atom. The lowest BCUT2D eigenvalue weighted by atomic mass is 9.80. The van der Waals surface area contributed by atoms with Crippen molar-refractivity contribution in [3.63, 3.8) is 0 Å². The van der Waals surface area contributed by atoms with Gasteiger partial charge in [-0.15, -0.1) is 0 Å². The molecule has 0 aliphatic carbocycles. The van der Waals surface area contributed by atoms with E-state index < -0.39 is 5.54 Å². The number of nitrogens with zero attached hydrogens (tertiary/aromatic N) is 2. The van der Waals surface area contributed by atoms with Crippen LogP contribution < -0.4 is 20.3 Å². The molecule has 2 N–H and O–H groups in total. The summed E-state index contributed by atoms with van der Waals surface area (Å²) in [6.45, 7) is 2.89. The van der Waals surface area contributed by atoms with Crippen LogP contribution in [0.25, 0.3) is 0 Å². The molecule has 3 aromatic carbocycles. The minimum absolute atomic E-state index is 0.340. The van der Waals surface area contributed by atoms with Crippen LogP contribution in [-0.2, 0) is 10.3 Å². The van der Waals surface area contributed by atoms with Crippen LogP contribution in [0.15, 0.2) is 89.1 Å². The summed E-state index contributed by atoms with van der Waals surface area (Å²) >= 11 is 0. The van der Waals surface area contributed by atoms with Crippen molar-refractivity contribution >= 4 is 17.3 Å². The van der Waals surface area contributed by atoms with Gasteiger partial charge in [-0.05, 0) is 36.2 Å². The van der Waals surface area contributed by atoms with Gasteiger partial charge in [-0.2, -0.15) is 10.2 Å². The second-order valence-electron chi connectivity index (χ2n) is 7.98. The standard InChI is InChI=1S/C26H24N4O3/c1-18(19-12-13-23-24(16-19)33-15-14-32-23)27-29-25(31)22-17-26(30-28-22,20-8-4-2-5-9-20)21-10-6-3-7-11-21/h2-13,16,30H,14-15,17H2,1H3,(H,29,31)/b27-18-. The van der Waals surface area contributed by atoms with Crippen LogP contribution in [0.3, 0.4) is 0 Å². The van der Waals surface area contributed by atoms with E-state index in [0.717, 1.165) is 16.7 Å². The zero-order chi connectivity index (χ0) is 22.7. The molecule has 1 amide bonds. The summed E-state index contributed by atoms with van der Waals surface area (Å²) in [6.07, 6.45) is 0.408. The Kier molecular flexibility index (Phi) is 5.52. The molecular formula is C26H24N4O3. The molecule has 5 rings (SSSR count). The maximum absolute atomic E-state index is 12.9. The Hall–Kier alpha value is -4.13. The molecule has 2 aliphatic heterocycles. The van der Waals surface area contributed by atoms with Crippen molar-refractivity contribution in [2.45, 2.75) is 18.9 Å². The number of fused-ring (bicyclic) bond motifs is 1. The molecule has 3 aromatic rings. The number of hydrogen-bond donors (Lipinski definition) is 2. The highest BCUT2D eigenvalue weighted by Crippen LogP contribution is 2.36. The molecule has 0 unspecified atom stereocenters. The number of carbonyl (C=O) groups excluding carboxylic acids is 1. The van der Waals surface area contributed by atoms with Gasteiger partial charge >= 0.3 is 0 Å². The van der Waals surface area contributed by atoms with E-state index in [-0.39, 0.29) is 5.91 Å². The topological polar surface area (TPSA) is 84.3 Å². The summed E-state index contributed by atoms with van der Waals surface area (Å²) in [5, 5.41) is 8.69. The van der Waals surface area contributed by atoms with E-state index in [9.17, 15) is 4.79 Å². The number of benzene rings is 3. The minimum Gasteiger partial charge on any atom is -0.486 e. The highest BCUT2D eigenvalue weighted by atomic mass is 16.6. The van der Waals surface area contributed by atoms with Gasteiger partial charge < -0.3 is 9.47 Å². The molecule has 33 heavy (non-hydrogen) atoms. The van der Waals surface area contributed by atoms with Gasteiger partial charge in [0.1, 0.15) is 24.5 Å². The first-order valence-corrected chi connectivity index (χ1v) is 10.9. The Morgan fingerprint density at radius 1 is 0.939 bits per heavy atom. The largest absolute Gasteiger partial charge is 0.486 e. The van der Waals surface area contributed by atoms with Crippen molar-refractivity contribution in [3.8, 4) is 11.5 Å². The molecule has 0 radical (unpaired) electrons. The second-order valence-corrected chi connectivity index (χ2v) is 7.98. The molecule has 0 atom stereocenters. The zero-order valence-corrected chi connectivity index (χ0v) is 18.2. The van der Waals surface area contributed by atoms with Crippen LogP contribution in [0, 0.1) is 0 Å². The predicted molar refractivity (Wildman–Crippen MR) is 127 cm³/mol. The normalized spacial score (nSPS) is 16.5. The number of hydrazone groups is 2. The van der Waals surface area contributed by atoms with Crippen molar-refractivity contribution in [1.82, 2.24) is 10.9 Å². The number of amides is 1. The van der Waals surface area contributed by atoms with Crippen molar-refractivity contribution in [2.24, 2.45) is 10.2 Å². The highest BCUT2D eigenvalue weighted by Gasteiger charge is 2.41.